The van der Waals surface area contributed by atoms with Crippen LogP contribution in [0.3, 0.4) is 0 Å². The van der Waals surface area contributed by atoms with Crippen molar-refractivity contribution >= 4 is 21.0 Å². The van der Waals surface area contributed by atoms with E-state index in [4.69, 9.17) is 41.4 Å². The van der Waals surface area contributed by atoms with Crippen molar-refractivity contribution in [3.63, 3.8) is 0 Å². The molecule has 0 saturated heterocycles. The van der Waals surface area contributed by atoms with E-state index < -0.39 is 15.6 Å². The lowest BCUT2D eigenvalue weighted by atomic mass is 10.3. The Hall–Kier alpha value is -4.27. The Morgan fingerprint density at radius 1 is 0.578 bits per heavy atom. The first-order valence-electron chi connectivity index (χ1n) is 13.1. The van der Waals surface area contributed by atoms with Gasteiger partial charge in [-0.15, -0.1) is 0 Å². The molecular weight excluding hydrogens is 637 g/mol. The fraction of sp³-hybridized carbons (Fsp3) is 0.226. The predicted octanol–water partition coefficient (Wildman–Crippen LogP) is 6.45. The Balaban J connectivity index is 0.000000777. The van der Waals surface area contributed by atoms with E-state index >= 15 is 0 Å². The standard InChI is InChI=1S/C30H33O6S.CHF3O3S/c1-4-31-19-22-34-25-7-13-28(14-8-25)37(29-15-9-26(10-16-29)35-23-20-32-5-2)30-17-11-27(12-18-30)36-24-21-33-6-3;2-1(3,4)8(5,6)7/h4-18H,1-3,19-24H2;(H,5,6,7)/q+1;/p-1. The molecule has 0 N–H and O–H groups in total. The summed E-state index contributed by atoms with van der Waals surface area (Å²) in [4.78, 5) is 3.49. The van der Waals surface area contributed by atoms with Crippen LogP contribution in [0.1, 0.15) is 0 Å². The molecule has 3 aromatic carbocycles. The molecule has 3 aromatic rings. The van der Waals surface area contributed by atoms with E-state index in [1.54, 1.807) is 0 Å². The lowest BCUT2D eigenvalue weighted by Crippen LogP contribution is -2.21. The average molecular weight is 671 g/mol. The molecule has 0 radical (unpaired) electrons. The van der Waals surface area contributed by atoms with Crippen molar-refractivity contribution in [2.75, 3.05) is 39.6 Å². The Morgan fingerprint density at radius 3 is 1.02 bits per heavy atom. The SMILES string of the molecule is C=COCCOc1ccc([S+](c2ccc(OCCOC=C)cc2)c2ccc(OCCOC=C)cc2)cc1.O=S(=O)([O-])C(F)(F)F. The molecule has 0 aliphatic rings. The van der Waals surface area contributed by atoms with Crippen LogP contribution in [0.4, 0.5) is 13.2 Å². The van der Waals surface area contributed by atoms with Gasteiger partial charge in [-0.25, -0.2) is 8.42 Å². The molecular formula is C31H33F3O9S2. The van der Waals surface area contributed by atoms with Crippen LogP contribution in [0.25, 0.3) is 0 Å². The van der Waals surface area contributed by atoms with Crippen molar-refractivity contribution in [3.05, 3.63) is 111 Å². The van der Waals surface area contributed by atoms with Gasteiger partial charge in [-0.05, 0) is 72.8 Å². The van der Waals surface area contributed by atoms with Gasteiger partial charge in [0.15, 0.2) is 24.8 Å². The van der Waals surface area contributed by atoms with E-state index in [0.717, 1.165) is 31.9 Å². The molecule has 0 fully saturated rings. The second-order valence-electron chi connectivity index (χ2n) is 8.28. The van der Waals surface area contributed by atoms with E-state index in [2.05, 4.69) is 56.1 Å². The third-order valence-corrected chi connectivity index (χ3v) is 8.02. The van der Waals surface area contributed by atoms with Crippen molar-refractivity contribution in [1.82, 2.24) is 0 Å². The summed E-state index contributed by atoms with van der Waals surface area (Å²) in [6.45, 7) is 13.3. The summed E-state index contributed by atoms with van der Waals surface area (Å²) in [5.41, 5.74) is -5.65. The number of ether oxygens (including phenoxy) is 6. The van der Waals surface area contributed by atoms with Crippen LogP contribution in [-0.4, -0.2) is 58.1 Å². The molecule has 0 aromatic heterocycles. The maximum absolute atomic E-state index is 10.7. The Labute approximate surface area is 263 Å². The van der Waals surface area contributed by atoms with Crippen molar-refractivity contribution < 1.29 is 54.6 Å². The second-order valence-corrected chi connectivity index (χ2v) is 11.7. The molecule has 45 heavy (non-hydrogen) atoms. The van der Waals surface area contributed by atoms with Crippen molar-refractivity contribution in [1.29, 1.82) is 0 Å². The Kier molecular flexibility index (Phi) is 15.7. The summed E-state index contributed by atoms with van der Waals surface area (Å²) < 4.78 is 91.5. The maximum atomic E-state index is 10.7. The zero-order valence-corrected chi connectivity index (χ0v) is 25.8. The highest BCUT2D eigenvalue weighted by Gasteiger charge is 2.37. The lowest BCUT2D eigenvalue weighted by molar-refractivity contribution is -0.0517. The highest BCUT2D eigenvalue weighted by molar-refractivity contribution is 7.97. The zero-order chi connectivity index (χ0) is 33.1. The van der Waals surface area contributed by atoms with Gasteiger partial charge in [0.2, 0.25) is 0 Å². The van der Waals surface area contributed by atoms with Gasteiger partial charge < -0.3 is 33.0 Å². The van der Waals surface area contributed by atoms with Crippen molar-refractivity contribution in [2.45, 2.75) is 20.2 Å². The van der Waals surface area contributed by atoms with Gasteiger partial charge in [-0.3, -0.25) is 0 Å². The normalized spacial score (nSPS) is 11.0. The van der Waals surface area contributed by atoms with Crippen molar-refractivity contribution in [2.24, 2.45) is 0 Å². The molecule has 3 rings (SSSR count). The number of rotatable bonds is 18. The highest BCUT2D eigenvalue weighted by Crippen LogP contribution is 2.34. The number of benzene rings is 3. The zero-order valence-electron chi connectivity index (χ0n) is 24.1. The van der Waals surface area contributed by atoms with Crippen molar-refractivity contribution in [3.8, 4) is 17.2 Å². The average Bonchev–Trinajstić information content (AvgIpc) is 3.01. The summed E-state index contributed by atoms with van der Waals surface area (Å²) >= 11 is 0. The molecule has 0 bridgehead atoms. The minimum atomic E-state index is -6.09. The predicted molar refractivity (Wildman–Crippen MR) is 162 cm³/mol. The minimum Gasteiger partial charge on any atom is -0.741 e. The van der Waals surface area contributed by atoms with E-state index in [-0.39, 0.29) is 10.9 Å². The first-order chi connectivity index (χ1) is 21.5. The minimum absolute atomic E-state index is 0.346. The van der Waals surface area contributed by atoms with Crippen LogP contribution < -0.4 is 14.2 Å². The van der Waals surface area contributed by atoms with Gasteiger partial charge in [0, 0.05) is 0 Å². The second kappa shape index (κ2) is 19.2. The van der Waals surface area contributed by atoms with Crippen LogP contribution in [0, 0.1) is 0 Å². The molecule has 0 heterocycles. The third kappa shape index (κ3) is 13.5. The van der Waals surface area contributed by atoms with Gasteiger partial charge in [-0.1, -0.05) is 19.7 Å². The van der Waals surface area contributed by atoms with E-state index in [1.165, 1.54) is 18.8 Å². The smallest absolute Gasteiger partial charge is 0.485 e. The van der Waals surface area contributed by atoms with Crippen LogP contribution >= 0.6 is 0 Å². The number of halogens is 3. The molecule has 0 aliphatic carbocycles. The Morgan fingerprint density at radius 2 is 0.822 bits per heavy atom. The van der Waals surface area contributed by atoms with E-state index in [1.807, 2.05) is 36.4 Å². The van der Waals surface area contributed by atoms with Gasteiger partial charge in [0.25, 0.3) is 0 Å². The highest BCUT2D eigenvalue weighted by atomic mass is 32.2. The molecule has 0 unspecified atom stereocenters. The van der Waals surface area contributed by atoms with Gasteiger partial charge in [0.1, 0.15) is 56.9 Å². The fourth-order valence-corrected chi connectivity index (χ4v) is 5.34. The summed E-state index contributed by atoms with van der Waals surface area (Å²) in [6, 6.07) is 24.5. The van der Waals surface area contributed by atoms with Gasteiger partial charge >= 0.3 is 5.51 Å². The molecule has 0 aliphatic heterocycles. The number of hydrogen-bond acceptors (Lipinski definition) is 9. The topological polar surface area (TPSA) is 113 Å². The van der Waals surface area contributed by atoms with E-state index in [9.17, 15) is 13.2 Å². The number of hydrogen-bond donors (Lipinski definition) is 0. The summed E-state index contributed by atoms with van der Waals surface area (Å²) in [5, 5.41) is 0. The van der Waals surface area contributed by atoms with E-state index in [0.29, 0.717) is 39.6 Å². The molecule has 0 atom stereocenters. The van der Waals surface area contributed by atoms with Crippen LogP contribution in [0.5, 0.6) is 17.2 Å². The Bertz CT molecular complexity index is 1270. The van der Waals surface area contributed by atoms with Gasteiger partial charge in [0.05, 0.1) is 29.7 Å². The first kappa shape index (κ1) is 36.9. The summed E-state index contributed by atoms with van der Waals surface area (Å²) in [6.07, 6.45) is 4.23. The fourth-order valence-electron chi connectivity index (χ4n) is 3.30. The molecule has 0 amide bonds. The largest absolute Gasteiger partial charge is 0.741 e. The first-order valence-corrected chi connectivity index (χ1v) is 15.8. The van der Waals surface area contributed by atoms with Crippen LogP contribution in [0.2, 0.25) is 0 Å². The molecule has 0 spiro atoms. The third-order valence-electron chi connectivity index (χ3n) is 5.23. The maximum Gasteiger partial charge on any atom is 0.485 e. The molecule has 14 heteroatoms. The summed E-state index contributed by atoms with van der Waals surface area (Å²) in [7, 11) is -6.44. The number of alkyl halides is 3. The molecule has 0 saturated carbocycles. The summed E-state index contributed by atoms with van der Waals surface area (Å²) in [5.74, 6) is 2.36. The van der Waals surface area contributed by atoms with Gasteiger partial charge in [-0.2, -0.15) is 13.2 Å². The monoisotopic (exact) mass is 670 g/mol. The molecule has 244 valence electrons. The van der Waals surface area contributed by atoms with Crippen LogP contribution in [-0.2, 0) is 35.2 Å². The lowest BCUT2D eigenvalue weighted by Gasteiger charge is -2.12. The molecule has 9 nitrogen and oxygen atoms in total. The quantitative estimate of drug-likeness (QED) is 0.0496. The van der Waals surface area contributed by atoms with Crippen LogP contribution in [0.15, 0.2) is 126 Å².